The molecule has 1 atom stereocenters. The van der Waals surface area contributed by atoms with Crippen LogP contribution in [0.4, 0.5) is 0 Å². The minimum Gasteiger partial charge on any atom is -0.330 e. The van der Waals surface area contributed by atoms with Crippen LogP contribution in [0.2, 0.25) is 0 Å². The van der Waals surface area contributed by atoms with Crippen LogP contribution in [-0.2, 0) is 20.0 Å². The Morgan fingerprint density at radius 3 is 2.85 bits per heavy atom. The molecule has 3 aromatic rings. The van der Waals surface area contributed by atoms with Crippen LogP contribution in [0.15, 0.2) is 49.1 Å². The maximum absolute atomic E-state index is 4.53. The quantitative estimate of drug-likeness (QED) is 0.685. The molecule has 136 valence electrons. The Hall–Kier alpha value is -2.47. The molecule has 0 amide bonds. The van der Waals surface area contributed by atoms with Gasteiger partial charge in [0.25, 0.3) is 0 Å². The number of hydrogen-bond donors (Lipinski definition) is 0. The SMILES string of the molecule is Cn1c(Cn2ccnc2)nnc1[C@H]1CCCN(CCc2ccccc2)C1. The van der Waals surface area contributed by atoms with Gasteiger partial charge in [0, 0.05) is 38.4 Å². The molecule has 1 fully saturated rings. The Kier molecular flexibility index (Phi) is 5.11. The Bertz CT molecular complexity index is 808. The van der Waals surface area contributed by atoms with Crippen LogP contribution in [0.3, 0.4) is 0 Å². The molecule has 3 heterocycles. The van der Waals surface area contributed by atoms with Gasteiger partial charge < -0.3 is 14.0 Å². The Morgan fingerprint density at radius 1 is 1.15 bits per heavy atom. The fourth-order valence-electron chi connectivity index (χ4n) is 3.81. The molecule has 0 radical (unpaired) electrons. The smallest absolute Gasteiger partial charge is 0.152 e. The van der Waals surface area contributed by atoms with Gasteiger partial charge in [-0.2, -0.15) is 0 Å². The summed E-state index contributed by atoms with van der Waals surface area (Å²) in [5, 5.41) is 8.96. The van der Waals surface area contributed by atoms with E-state index < -0.39 is 0 Å². The molecule has 26 heavy (non-hydrogen) atoms. The van der Waals surface area contributed by atoms with Gasteiger partial charge in [-0.15, -0.1) is 10.2 Å². The van der Waals surface area contributed by atoms with E-state index in [0.29, 0.717) is 12.5 Å². The number of rotatable bonds is 6. The molecule has 1 aromatic carbocycles. The highest BCUT2D eigenvalue weighted by Crippen LogP contribution is 2.26. The molecule has 0 bridgehead atoms. The summed E-state index contributed by atoms with van der Waals surface area (Å²) in [6.07, 6.45) is 9.10. The van der Waals surface area contributed by atoms with Gasteiger partial charge in [0.15, 0.2) is 5.82 Å². The highest BCUT2D eigenvalue weighted by molar-refractivity contribution is 5.15. The van der Waals surface area contributed by atoms with E-state index in [1.54, 1.807) is 6.20 Å². The van der Waals surface area contributed by atoms with Crippen molar-refractivity contribution in [3.8, 4) is 0 Å². The van der Waals surface area contributed by atoms with Crippen LogP contribution in [0.5, 0.6) is 0 Å². The third kappa shape index (κ3) is 3.85. The van der Waals surface area contributed by atoms with Crippen LogP contribution in [0, 0.1) is 0 Å². The lowest BCUT2D eigenvalue weighted by molar-refractivity contribution is 0.204. The second-order valence-electron chi connectivity index (χ2n) is 7.14. The zero-order valence-electron chi connectivity index (χ0n) is 15.3. The number of piperidine rings is 1. The lowest BCUT2D eigenvalue weighted by Gasteiger charge is -2.32. The van der Waals surface area contributed by atoms with Crippen LogP contribution < -0.4 is 0 Å². The first-order valence-corrected chi connectivity index (χ1v) is 9.40. The van der Waals surface area contributed by atoms with Crippen molar-refractivity contribution < 1.29 is 0 Å². The van der Waals surface area contributed by atoms with Crippen molar-refractivity contribution in [1.82, 2.24) is 29.2 Å². The second kappa shape index (κ2) is 7.83. The molecule has 0 spiro atoms. The van der Waals surface area contributed by atoms with Gasteiger partial charge in [-0.1, -0.05) is 30.3 Å². The molecule has 4 rings (SSSR count). The number of likely N-dealkylation sites (tertiary alicyclic amines) is 1. The van der Waals surface area contributed by atoms with Crippen molar-refractivity contribution in [3.05, 3.63) is 66.3 Å². The van der Waals surface area contributed by atoms with Crippen LogP contribution in [0.1, 0.15) is 36.0 Å². The zero-order chi connectivity index (χ0) is 17.8. The lowest BCUT2D eigenvalue weighted by atomic mass is 9.96. The first-order valence-electron chi connectivity index (χ1n) is 9.40. The second-order valence-corrected chi connectivity index (χ2v) is 7.14. The van der Waals surface area contributed by atoms with E-state index in [1.807, 2.05) is 17.1 Å². The number of imidazole rings is 1. The summed E-state index contributed by atoms with van der Waals surface area (Å²) in [5.74, 6) is 2.57. The molecule has 1 aliphatic rings. The molecular formula is C20H26N6. The molecule has 2 aromatic heterocycles. The van der Waals surface area contributed by atoms with Crippen LogP contribution >= 0.6 is 0 Å². The van der Waals surface area contributed by atoms with Crippen LogP contribution in [-0.4, -0.2) is 48.8 Å². The number of hydrogen-bond acceptors (Lipinski definition) is 4. The molecule has 6 nitrogen and oxygen atoms in total. The van der Waals surface area contributed by atoms with E-state index in [-0.39, 0.29) is 0 Å². The Morgan fingerprint density at radius 2 is 2.04 bits per heavy atom. The fourth-order valence-corrected chi connectivity index (χ4v) is 3.81. The van der Waals surface area contributed by atoms with Gasteiger partial charge in [-0.05, 0) is 31.4 Å². The van der Waals surface area contributed by atoms with Gasteiger partial charge in [0.2, 0.25) is 0 Å². The maximum atomic E-state index is 4.53. The molecule has 6 heteroatoms. The van der Waals surface area contributed by atoms with Gasteiger partial charge in [0.1, 0.15) is 5.82 Å². The van der Waals surface area contributed by atoms with Gasteiger partial charge in [0.05, 0.1) is 12.9 Å². The first-order chi connectivity index (χ1) is 12.8. The largest absolute Gasteiger partial charge is 0.330 e. The molecule has 1 saturated heterocycles. The van der Waals surface area contributed by atoms with Crippen LogP contribution in [0.25, 0.3) is 0 Å². The predicted octanol–water partition coefficient (Wildman–Crippen LogP) is 2.48. The lowest BCUT2D eigenvalue weighted by Crippen LogP contribution is -2.36. The summed E-state index contributed by atoms with van der Waals surface area (Å²) in [4.78, 5) is 6.67. The van der Waals surface area contributed by atoms with Crippen molar-refractivity contribution in [2.24, 2.45) is 7.05 Å². The number of benzene rings is 1. The topological polar surface area (TPSA) is 51.8 Å². The van der Waals surface area contributed by atoms with Crippen molar-refractivity contribution in [2.45, 2.75) is 31.7 Å². The van der Waals surface area contributed by atoms with E-state index in [4.69, 9.17) is 0 Å². The van der Waals surface area contributed by atoms with Gasteiger partial charge >= 0.3 is 0 Å². The Labute approximate surface area is 154 Å². The summed E-state index contributed by atoms with van der Waals surface area (Å²) in [6, 6.07) is 10.8. The third-order valence-corrected chi connectivity index (χ3v) is 5.31. The van der Waals surface area contributed by atoms with E-state index in [2.05, 4.69) is 62.0 Å². The molecule has 1 aliphatic heterocycles. The molecule has 0 unspecified atom stereocenters. The van der Waals surface area contributed by atoms with Gasteiger partial charge in [-0.25, -0.2) is 4.98 Å². The predicted molar refractivity (Wildman–Crippen MR) is 101 cm³/mol. The van der Waals surface area contributed by atoms with E-state index in [9.17, 15) is 0 Å². The summed E-state index contributed by atoms with van der Waals surface area (Å²) in [6.45, 7) is 4.08. The standard InChI is InChI=1S/C20H26N6/c1-24-19(15-26-13-10-21-16-26)22-23-20(24)18-8-5-11-25(14-18)12-9-17-6-3-2-4-7-17/h2-4,6-7,10,13,16,18H,5,8-9,11-12,14-15H2,1H3/t18-/m0/s1. The normalized spacial score (nSPS) is 18.3. The van der Waals surface area contributed by atoms with Crippen molar-refractivity contribution in [3.63, 3.8) is 0 Å². The average molecular weight is 350 g/mol. The minimum absolute atomic E-state index is 0.466. The first kappa shape index (κ1) is 17.0. The molecular weight excluding hydrogens is 324 g/mol. The fraction of sp³-hybridized carbons (Fsp3) is 0.450. The third-order valence-electron chi connectivity index (χ3n) is 5.31. The van der Waals surface area contributed by atoms with Crippen molar-refractivity contribution in [2.75, 3.05) is 19.6 Å². The highest BCUT2D eigenvalue weighted by Gasteiger charge is 2.25. The Balaban J connectivity index is 1.39. The molecule has 0 saturated carbocycles. The summed E-state index contributed by atoms with van der Waals surface area (Å²) >= 11 is 0. The van der Waals surface area contributed by atoms with Gasteiger partial charge in [-0.3, -0.25) is 0 Å². The van der Waals surface area contributed by atoms with E-state index in [0.717, 1.165) is 31.2 Å². The van der Waals surface area contributed by atoms with E-state index in [1.165, 1.54) is 24.9 Å². The highest BCUT2D eigenvalue weighted by atomic mass is 15.3. The summed E-state index contributed by atoms with van der Waals surface area (Å²) < 4.78 is 4.20. The number of aromatic nitrogens is 5. The summed E-state index contributed by atoms with van der Waals surface area (Å²) in [5.41, 5.74) is 1.41. The minimum atomic E-state index is 0.466. The zero-order valence-corrected chi connectivity index (χ0v) is 15.3. The molecule has 0 aliphatic carbocycles. The molecule has 0 N–H and O–H groups in total. The summed E-state index contributed by atoms with van der Waals surface area (Å²) in [7, 11) is 2.09. The maximum Gasteiger partial charge on any atom is 0.152 e. The monoisotopic (exact) mass is 350 g/mol. The number of nitrogens with zero attached hydrogens (tertiary/aromatic N) is 6. The van der Waals surface area contributed by atoms with Crippen molar-refractivity contribution >= 4 is 0 Å². The van der Waals surface area contributed by atoms with Crippen molar-refractivity contribution in [1.29, 1.82) is 0 Å². The van der Waals surface area contributed by atoms with E-state index >= 15 is 0 Å². The average Bonchev–Trinajstić information content (AvgIpc) is 3.32.